The number of halogens is 2. The summed E-state index contributed by atoms with van der Waals surface area (Å²) < 4.78 is 25.7. The quantitative estimate of drug-likeness (QED) is 0.640. The summed E-state index contributed by atoms with van der Waals surface area (Å²) in [5.74, 6) is -0.924. The topological polar surface area (TPSA) is 86.8 Å². The van der Waals surface area contributed by atoms with E-state index < -0.39 is 28.5 Å². The number of nitrogens with one attached hydrogen (secondary N) is 1. The number of sulfonamides is 1. The van der Waals surface area contributed by atoms with Gasteiger partial charge in [0.2, 0.25) is 21.8 Å². The number of carbonyl (C=O) groups excluding carboxylic acids is 2. The third kappa shape index (κ3) is 6.10. The maximum Gasteiger partial charge on any atom is 0.244 e. The van der Waals surface area contributed by atoms with Crippen molar-refractivity contribution >= 4 is 50.7 Å². The summed E-state index contributed by atoms with van der Waals surface area (Å²) in [7, 11) is -2.35. The summed E-state index contributed by atoms with van der Waals surface area (Å²) in [4.78, 5) is 26.7. The fraction of sp³-hybridized carbons (Fsp3) is 0.300. The predicted octanol–water partition coefficient (Wildman–Crippen LogP) is 2.92. The van der Waals surface area contributed by atoms with Gasteiger partial charge in [-0.1, -0.05) is 47.5 Å². The van der Waals surface area contributed by atoms with Gasteiger partial charge < -0.3 is 10.2 Å². The molecular formula is C20H23Cl2N3O4S. The van der Waals surface area contributed by atoms with E-state index in [1.165, 1.54) is 24.1 Å². The zero-order chi connectivity index (χ0) is 22.5. The molecule has 0 aliphatic rings. The number of amides is 2. The van der Waals surface area contributed by atoms with Gasteiger partial charge in [0, 0.05) is 18.6 Å². The number of rotatable bonds is 8. The number of hydrogen-bond acceptors (Lipinski definition) is 4. The minimum absolute atomic E-state index is 0.102. The molecule has 0 saturated heterocycles. The Balaban J connectivity index is 2.38. The number of anilines is 1. The van der Waals surface area contributed by atoms with Gasteiger partial charge in [-0.3, -0.25) is 13.9 Å². The highest BCUT2D eigenvalue weighted by Crippen LogP contribution is 2.27. The van der Waals surface area contributed by atoms with E-state index in [2.05, 4.69) is 5.32 Å². The van der Waals surface area contributed by atoms with E-state index in [9.17, 15) is 18.0 Å². The first-order chi connectivity index (χ1) is 14.0. The Morgan fingerprint density at radius 2 is 1.67 bits per heavy atom. The molecule has 0 radical (unpaired) electrons. The van der Waals surface area contributed by atoms with Gasteiger partial charge in [0.05, 0.1) is 17.0 Å². The molecule has 0 spiro atoms. The Labute approximate surface area is 186 Å². The Kier molecular flexibility index (Phi) is 8.11. The maximum absolute atomic E-state index is 13.2. The van der Waals surface area contributed by atoms with E-state index in [0.717, 1.165) is 16.1 Å². The molecule has 10 heteroatoms. The highest BCUT2D eigenvalue weighted by atomic mass is 35.5. The molecule has 0 fully saturated rings. The lowest BCUT2D eigenvalue weighted by Crippen LogP contribution is -2.50. The van der Waals surface area contributed by atoms with E-state index >= 15 is 0 Å². The maximum atomic E-state index is 13.2. The molecule has 2 aromatic rings. The van der Waals surface area contributed by atoms with Crippen LogP contribution in [0.2, 0.25) is 10.0 Å². The van der Waals surface area contributed by atoms with Crippen molar-refractivity contribution in [2.45, 2.75) is 19.5 Å². The summed E-state index contributed by atoms with van der Waals surface area (Å²) in [6, 6.07) is 12.3. The molecule has 2 aromatic carbocycles. The molecular weight excluding hydrogens is 449 g/mol. The van der Waals surface area contributed by atoms with Crippen LogP contribution < -0.4 is 9.62 Å². The van der Waals surface area contributed by atoms with Crippen LogP contribution in [-0.2, 0) is 26.2 Å². The van der Waals surface area contributed by atoms with Gasteiger partial charge in [0.1, 0.15) is 12.6 Å². The summed E-state index contributed by atoms with van der Waals surface area (Å²) in [5, 5.41) is 3.25. The van der Waals surface area contributed by atoms with Gasteiger partial charge in [-0.25, -0.2) is 8.42 Å². The predicted molar refractivity (Wildman–Crippen MR) is 119 cm³/mol. The molecule has 0 aliphatic carbocycles. The van der Waals surface area contributed by atoms with Crippen LogP contribution in [0.5, 0.6) is 0 Å². The summed E-state index contributed by atoms with van der Waals surface area (Å²) in [5.41, 5.74) is 0.932. The minimum atomic E-state index is -3.82. The first-order valence-electron chi connectivity index (χ1n) is 9.02. The van der Waals surface area contributed by atoms with Gasteiger partial charge in [-0.05, 0) is 36.8 Å². The molecule has 7 nitrogen and oxygen atoms in total. The zero-order valence-corrected chi connectivity index (χ0v) is 19.1. The van der Waals surface area contributed by atoms with Crippen LogP contribution in [0.25, 0.3) is 0 Å². The molecule has 1 N–H and O–H groups in total. The van der Waals surface area contributed by atoms with Crippen molar-refractivity contribution in [1.82, 2.24) is 10.2 Å². The molecule has 0 aliphatic heterocycles. The van der Waals surface area contributed by atoms with Gasteiger partial charge in [-0.2, -0.15) is 0 Å². The van der Waals surface area contributed by atoms with E-state index in [0.29, 0.717) is 5.02 Å². The van der Waals surface area contributed by atoms with Crippen LogP contribution in [-0.4, -0.2) is 51.0 Å². The largest absolute Gasteiger partial charge is 0.357 e. The lowest BCUT2D eigenvalue weighted by atomic mass is 10.1. The molecule has 0 unspecified atom stereocenters. The standard InChI is InChI=1S/C20H23Cl2N3O4S/c1-14(20(27)23-2)24(12-15-8-10-16(21)11-9-15)19(26)13-25(30(3,28)29)18-7-5-4-6-17(18)22/h4-11,14H,12-13H2,1-3H3,(H,23,27)/t14-/m0/s1. The zero-order valence-electron chi connectivity index (χ0n) is 16.8. The van der Waals surface area contributed by atoms with Crippen LogP contribution >= 0.6 is 23.2 Å². The average molecular weight is 472 g/mol. The molecule has 162 valence electrons. The van der Waals surface area contributed by atoms with E-state index in [4.69, 9.17) is 23.2 Å². The molecule has 0 bridgehead atoms. The van der Waals surface area contributed by atoms with Crippen molar-refractivity contribution in [3.63, 3.8) is 0 Å². The monoisotopic (exact) mass is 471 g/mol. The second kappa shape index (κ2) is 10.1. The van der Waals surface area contributed by atoms with Crippen molar-refractivity contribution < 1.29 is 18.0 Å². The smallest absolute Gasteiger partial charge is 0.244 e. The number of carbonyl (C=O) groups is 2. The fourth-order valence-electron chi connectivity index (χ4n) is 2.83. The molecule has 0 aromatic heterocycles. The van der Waals surface area contributed by atoms with E-state index in [1.807, 2.05) is 0 Å². The molecule has 1 atom stereocenters. The number of benzene rings is 2. The average Bonchev–Trinajstić information content (AvgIpc) is 2.70. The minimum Gasteiger partial charge on any atom is -0.357 e. The molecule has 0 heterocycles. The van der Waals surface area contributed by atoms with Crippen LogP contribution in [0.15, 0.2) is 48.5 Å². The van der Waals surface area contributed by atoms with Crippen molar-refractivity contribution in [2.24, 2.45) is 0 Å². The van der Waals surface area contributed by atoms with Crippen molar-refractivity contribution in [2.75, 3.05) is 24.2 Å². The van der Waals surface area contributed by atoms with Crippen LogP contribution in [0, 0.1) is 0 Å². The lowest BCUT2D eigenvalue weighted by molar-refractivity contribution is -0.139. The van der Waals surface area contributed by atoms with Crippen molar-refractivity contribution in [1.29, 1.82) is 0 Å². The summed E-state index contributed by atoms with van der Waals surface area (Å²) in [6.07, 6.45) is 0.995. The van der Waals surface area contributed by atoms with Crippen LogP contribution in [0.1, 0.15) is 12.5 Å². The highest BCUT2D eigenvalue weighted by Gasteiger charge is 2.30. The fourth-order valence-corrected chi connectivity index (χ4v) is 4.10. The Morgan fingerprint density at radius 1 is 1.07 bits per heavy atom. The Hall–Kier alpha value is -2.29. The number of likely N-dealkylation sites (N-methyl/N-ethyl adjacent to an activating group) is 1. The number of hydrogen-bond donors (Lipinski definition) is 1. The molecule has 30 heavy (non-hydrogen) atoms. The molecule has 2 amide bonds. The van der Waals surface area contributed by atoms with Crippen molar-refractivity contribution in [3.05, 3.63) is 64.1 Å². The summed E-state index contributed by atoms with van der Waals surface area (Å²) in [6.45, 7) is 1.18. The number of para-hydroxylation sites is 1. The van der Waals surface area contributed by atoms with Gasteiger partial charge in [-0.15, -0.1) is 0 Å². The second-order valence-corrected chi connectivity index (χ2v) is 9.41. The number of nitrogens with zero attached hydrogens (tertiary/aromatic N) is 2. The van der Waals surface area contributed by atoms with Gasteiger partial charge >= 0.3 is 0 Å². The van der Waals surface area contributed by atoms with Crippen molar-refractivity contribution in [3.8, 4) is 0 Å². The highest BCUT2D eigenvalue weighted by molar-refractivity contribution is 7.92. The Bertz CT molecular complexity index is 1010. The summed E-state index contributed by atoms with van der Waals surface area (Å²) >= 11 is 12.1. The van der Waals surface area contributed by atoms with Gasteiger partial charge in [0.25, 0.3) is 0 Å². The molecule has 2 rings (SSSR count). The first kappa shape index (κ1) is 24.0. The second-order valence-electron chi connectivity index (χ2n) is 6.66. The normalized spacial score (nSPS) is 12.2. The van der Waals surface area contributed by atoms with Crippen LogP contribution in [0.4, 0.5) is 5.69 Å². The third-order valence-electron chi connectivity index (χ3n) is 4.48. The molecule has 0 saturated carbocycles. The lowest BCUT2D eigenvalue weighted by Gasteiger charge is -2.31. The third-order valence-corrected chi connectivity index (χ3v) is 6.18. The van der Waals surface area contributed by atoms with E-state index in [-0.39, 0.29) is 23.2 Å². The SMILES string of the molecule is CNC(=O)[C@H](C)N(Cc1ccc(Cl)cc1)C(=O)CN(c1ccccc1Cl)S(C)(=O)=O. The van der Waals surface area contributed by atoms with Gasteiger partial charge in [0.15, 0.2) is 0 Å². The van der Waals surface area contributed by atoms with E-state index in [1.54, 1.807) is 43.3 Å². The first-order valence-corrected chi connectivity index (χ1v) is 11.6. The Morgan fingerprint density at radius 3 is 2.20 bits per heavy atom. The van der Waals surface area contributed by atoms with Crippen LogP contribution in [0.3, 0.4) is 0 Å².